The van der Waals surface area contributed by atoms with Gasteiger partial charge in [0.05, 0.1) is 59.0 Å². The summed E-state index contributed by atoms with van der Waals surface area (Å²) >= 11 is 6.33. The summed E-state index contributed by atoms with van der Waals surface area (Å²) in [5.41, 5.74) is 2.14. The van der Waals surface area contributed by atoms with E-state index in [9.17, 15) is 9.59 Å². The van der Waals surface area contributed by atoms with Crippen LogP contribution in [0, 0.1) is 0 Å². The highest BCUT2D eigenvalue weighted by Crippen LogP contribution is 2.21. The van der Waals surface area contributed by atoms with E-state index >= 15 is 0 Å². The highest BCUT2D eigenvalue weighted by molar-refractivity contribution is 6.32. The molecule has 0 saturated heterocycles. The lowest BCUT2D eigenvalue weighted by atomic mass is 10.2. The van der Waals surface area contributed by atoms with E-state index < -0.39 is 0 Å². The third kappa shape index (κ3) is 4.26. The van der Waals surface area contributed by atoms with E-state index in [0.717, 1.165) is 5.56 Å². The Morgan fingerprint density at radius 1 is 0.971 bits per heavy atom. The second-order valence-corrected chi connectivity index (χ2v) is 7.97. The van der Waals surface area contributed by atoms with Crippen molar-refractivity contribution in [3.8, 4) is 5.69 Å². The van der Waals surface area contributed by atoms with Gasteiger partial charge < -0.3 is 9.30 Å². The molecule has 0 spiro atoms. The first-order valence-electron chi connectivity index (χ1n) is 10.5. The lowest BCUT2D eigenvalue weighted by Gasteiger charge is -2.13. The second-order valence-electron chi connectivity index (χ2n) is 7.56. The van der Waals surface area contributed by atoms with Gasteiger partial charge in [-0.2, -0.15) is 0 Å². The molecule has 5 aromatic rings. The van der Waals surface area contributed by atoms with E-state index in [-0.39, 0.29) is 30.9 Å². The number of hydrogen-bond acceptors (Lipinski definition) is 6. The summed E-state index contributed by atoms with van der Waals surface area (Å²) in [6.45, 7) is 0.439. The lowest BCUT2D eigenvalue weighted by Crippen LogP contribution is -2.26. The normalized spacial score (nSPS) is 11.2. The average molecular weight is 475 g/mol. The quantitative estimate of drug-likeness (QED) is 0.388. The maximum absolute atomic E-state index is 13.5. The molecule has 0 atom stereocenters. The van der Waals surface area contributed by atoms with E-state index in [1.807, 2.05) is 12.1 Å². The van der Waals surface area contributed by atoms with Gasteiger partial charge in [0.15, 0.2) is 0 Å². The van der Waals surface area contributed by atoms with Gasteiger partial charge in [-0.25, -0.2) is 4.68 Å². The molecule has 0 aliphatic rings. The zero-order valence-electron chi connectivity index (χ0n) is 17.9. The molecule has 9 nitrogen and oxygen atoms in total. The summed E-state index contributed by atoms with van der Waals surface area (Å²) in [5, 5.41) is 3.76. The van der Waals surface area contributed by atoms with Gasteiger partial charge in [0.2, 0.25) is 0 Å². The Balaban J connectivity index is 1.63. The number of aromatic amines is 1. The summed E-state index contributed by atoms with van der Waals surface area (Å²) in [5.74, 6) is 0. The molecule has 0 aliphatic carbocycles. The van der Waals surface area contributed by atoms with Gasteiger partial charge in [0, 0.05) is 30.9 Å². The largest absolute Gasteiger partial charge is 0.370 e. The molecule has 4 heterocycles. The zero-order chi connectivity index (χ0) is 23.5. The van der Waals surface area contributed by atoms with E-state index in [2.05, 4.69) is 20.1 Å². The van der Waals surface area contributed by atoms with Crippen LogP contribution in [0.25, 0.3) is 16.6 Å². The van der Waals surface area contributed by atoms with Crippen molar-refractivity contribution in [1.29, 1.82) is 0 Å². The molecule has 0 saturated carbocycles. The van der Waals surface area contributed by atoms with Crippen LogP contribution in [0.1, 0.15) is 17.0 Å². The van der Waals surface area contributed by atoms with Gasteiger partial charge in [0.1, 0.15) is 0 Å². The number of halogens is 1. The van der Waals surface area contributed by atoms with Crippen LogP contribution in [0.4, 0.5) is 0 Å². The maximum atomic E-state index is 13.5. The molecule has 0 fully saturated rings. The molecule has 4 aromatic heterocycles. The fraction of sp³-hybridized carbons (Fsp3) is 0.125. The minimum atomic E-state index is -0.337. The minimum absolute atomic E-state index is 0.0252. The van der Waals surface area contributed by atoms with Gasteiger partial charge in [-0.3, -0.25) is 29.6 Å². The van der Waals surface area contributed by atoms with Crippen LogP contribution in [-0.2, 0) is 24.5 Å². The highest BCUT2D eigenvalue weighted by atomic mass is 35.5. The molecule has 1 aromatic carbocycles. The average Bonchev–Trinajstić information content (AvgIpc) is 3.18. The van der Waals surface area contributed by atoms with Crippen LogP contribution < -0.4 is 11.1 Å². The minimum Gasteiger partial charge on any atom is -0.370 e. The lowest BCUT2D eigenvalue weighted by molar-refractivity contribution is 0.102. The summed E-state index contributed by atoms with van der Waals surface area (Å²) in [4.78, 5) is 39.1. The molecule has 5 rings (SSSR count). The molecule has 0 aliphatic heterocycles. The number of pyridine rings is 2. The van der Waals surface area contributed by atoms with Gasteiger partial charge >= 0.3 is 0 Å². The molecule has 0 amide bonds. The third-order valence-corrected chi connectivity index (χ3v) is 5.65. The van der Waals surface area contributed by atoms with Crippen molar-refractivity contribution in [3.63, 3.8) is 0 Å². The fourth-order valence-corrected chi connectivity index (χ4v) is 3.98. The van der Waals surface area contributed by atoms with Gasteiger partial charge in [-0.15, -0.1) is 0 Å². The zero-order valence-corrected chi connectivity index (χ0v) is 18.6. The van der Waals surface area contributed by atoms with E-state index in [1.165, 1.54) is 15.3 Å². The molecular weight excluding hydrogens is 456 g/mol. The van der Waals surface area contributed by atoms with Crippen molar-refractivity contribution in [2.75, 3.05) is 0 Å². The number of H-pyrrole nitrogens is 1. The molecule has 0 radical (unpaired) electrons. The maximum Gasteiger partial charge on any atom is 0.281 e. The number of nitrogens with one attached hydrogen (secondary N) is 1. The summed E-state index contributed by atoms with van der Waals surface area (Å²) in [7, 11) is 0. The standard InChI is InChI=1S/C24H19ClN6O3/c25-18-5-1-2-6-20(18)31-24(33)23-19(29-31)10-22(32)30(13-17-12-27-8-9-28-17)21(23)15-34-14-16-4-3-7-26-11-16/h1-12,29H,13-15H2. The molecule has 1 N–H and O–H groups in total. The second kappa shape index (κ2) is 9.42. The summed E-state index contributed by atoms with van der Waals surface area (Å²) in [6, 6.07) is 12.1. The SMILES string of the molecule is O=c1c2c(COCc3cccnc3)n(Cc3cnccn3)c(=O)cc2[nH]n1-c1ccccc1Cl. The van der Waals surface area contributed by atoms with E-state index in [1.54, 1.807) is 55.2 Å². The van der Waals surface area contributed by atoms with Crippen molar-refractivity contribution in [1.82, 2.24) is 29.3 Å². The Morgan fingerprint density at radius 3 is 2.59 bits per heavy atom. The van der Waals surface area contributed by atoms with Crippen LogP contribution in [0.2, 0.25) is 5.02 Å². The van der Waals surface area contributed by atoms with Crippen molar-refractivity contribution in [2.24, 2.45) is 0 Å². The number of ether oxygens (including phenoxy) is 1. The number of para-hydroxylation sites is 1. The molecule has 34 heavy (non-hydrogen) atoms. The Bertz CT molecular complexity index is 1560. The fourth-order valence-electron chi connectivity index (χ4n) is 3.76. The Labute approximate surface area is 198 Å². The molecule has 10 heteroatoms. The van der Waals surface area contributed by atoms with Crippen molar-refractivity contribution >= 4 is 22.5 Å². The summed E-state index contributed by atoms with van der Waals surface area (Å²) in [6.07, 6.45) is 8.07. The van der Waals surface area contributed by atoms with Crippen LogP contribution in [0.5, 0.6) is 0 Å². The van der Waals surface area contributed by atoms with Crippen molar-refractivity contribution in [3.05, 3.63) is 116 Å². The number of aromatic nitrogens is 6. The smallest absolute Gasteiger partial charge is 0.281 e. The topological polar surface area (TPSA) is 108 Å². The highest BCUT2D eigenvalue weighted by Gasteiger charge is 2.19. The number of rotatable bonds is 7. The first kappa shape index (κ1) is 21.7. The van der Waals surface area contributed by atoms with Crippen LogP contribution >= 0.6 is 11.6 Å². The molecular formula is C24H19ClN6O3. The molecule has 170 valence electrons. The first-order chi connectivity index (χ1) is 16.6. The Kier molecular flexibility index (Phi) is 6.03. The van der Waals surface area contributed by atoms with E-state index in [4.69, 9.17) is 16.3 Å². The predicted molar refractivity (Wildman–Crippen MR) is 127 cm³/mol. The van der Waals surface area contributed by atoms with Crippen molar-refractivity contribution in [2.45, 2.75) is 19.8 Å². The van der Waals surface area contributed by atoms with Crippen LogP contribution in [0.3, 0.4) is 0 Å². The first-order valence-corrected chi connectivity index (χ1v) is 10.8. The Hall–Kier alpha value is -4.08. The summed E-state index contributed by atoms with van der Waals surface area (Å²) < 4.78 is 8.74. The van der Waals surface area contributed by atoms with Crippen LogP contribution in [-0.4, -0.2) is 29.3 Å². The van der Waals surface area contributed by atoms with E-state index in [0.29, 0.717) is 33.0 Å². The third-order valence-electron chi connectivity index (χ3n) is 5.33. The number of nitrogens with zero attached hydrogens (tertiary/aromatic N) is 5. The van der Waals surface area contributed by atoms with Crippen LogP contribution in [0.15, 0.2) is 83.0 Å². The van der Waals surface area contributed by atoms with Gasteiger partial charge in [-0.1, -0.05) is 29.8 Å². The van der Waals surface area contributed by atoms with Gasteiger partial charge in [-0.05, 0) is 23.8 Å². The molecule has 0 unspecified atom stereocenters. The number of hydrogen-bond donors (Lipinski definition) is 1. The van der Waals surface area contributed by atoms with Gasteiger partial charge in [0.25, 0.3) is 11.1 Å². The predicted octanol–water partition coefficient (Wildman–Crippen LogP) is 3.08. The monoisotopic (exact) mass is 474 g/mol. The Morgan fingerprint density at radius 2 is 1.82 bits per heavy atom. The molecule has 0 bridgehead atoms. The number of fused-ring (bicyclic) bond motifs is 1. The number of benzene rings is 1. The van der Waals surface area contributed by atoms with Crippen molar-refractivity contribution < 1.29 is 4.74 Å².